The minimum atomic E-state index is -4.38. The van der Waals surface area contributed by atoms with Crippen molar-refractivity contribution in [1.29, 1.82) is 0 Å². The van der Waals surface area contributed by atoms with Gasteiger partial charge in [0, 0.05) is 36.9 Å². The second kappa shape index (κ2) is 10.0. The number of amides is 2. The summed E-state index contributed by atoms with van der Waals surface area (Å²) >= 11 is 0. The summed E-state index contributed by atoms with van der Waals surface area (Å²) < 4.78 is 43.7. The van der Waals surface area contributed by atoms with Crippen LogP contribution in [0.1, 0.15) is 30.4 Å². The van der Waals surface area contributed by atoms with E-state index >= 15 is 0 Å². The highest BCUT2D eigenvalue weighted by atomic mass is 19.4. The number of likely N-dealkylation sites (N-methyl/N-ethyl adjacent to an activating group) is 1. The lowest BCUT2D eigenvalue weighted by molar-refractivity contribution is -0.137. The predicted molar refractivity (Wildman–Crippen MR) is 123 cm³/mol. The van der Waals surface area contributed by atoms with Gasteiger partial charge in [-0.1, -0.05) is 12.1 Å². The highest BCUT2D eigenvalue weighted by molar-refractivity contribution is 5.95. The number of alkyl halides is 3. The Morgan fingerprint density at radius 1 is 1.06 bits per heavy atom. The van der Waals surface area contributed by atoms with Crippen LogP contribution in [0.15, 0.2) is 48.5 Å². The summed E-state index contributed by atoms with van der Waals surface area (Å²) in [7, 11) is 0. The van der Waals surface area contributed by atoms with Crippen LogP contribution in [-0.2, 0) is 20.5 Å². The first-order valence-corrected chi connectivity index (χ1v) is 11.4. The van der Waals surface area contributed by atoms with Crippen molar-refractivity contribution in [3.05, 3.63) is 59.7 Å². The molecule has 34 heavy (non-hydrogen) atoms. The van der Waals surface area contributed by atoms with E-state index in [0.717, 1.165) is 30.9 Å². The molecule has 2 aromatic carbocycles. The average Bonchev–Trinajstić information content (AvgIpc) is 3.64. The van der Waals surface area contributed by atoms with Crippen molar-refractivity contribution in [3.8, 4) is 0 Å². The molecular formula is C25H28F3N3O3. The molecule has 1 aliphatic carbocycles. The van der Waals surface area contributed by atoms with E-state index in [1.54, 1.807) is 6.92 Å². The standard InChI is InChI=1S/C25H28F3N3O3/c1-2-30(24(33)22-15-21(22)17-3-5-18(6-4-17)25(26,27)28)16-23(32)29-19-7-9-20(10-8-19)31-11-13-34-14-12-31/h3-10,21-22H,2,11-16H2,1H3,(H,29,32). The summed E-state index contributed by atoms with van der Waals surface area (Å²) in [4.78, 5) is 29.2. The van der Waals surface area contributed by atoms with E-state index in [-0.39, 0.29) is 30.2 Å². The van der Waals surface area contributed by atoms with Crippen LogP contribution in [0.25, 0.3) is 0 Å². The molecule has 2 fully saturated rings. The van der Waals surface area contributed by atoms with Crippen LogP contribution >= 0.6 is 0 Å². The van der Waals surface area contributed by atoms with Crippen LogP contribution in [0.5, 0.6) is 0 Å². The van der Waals surface area contributed by atoms with Gasteiger partial charge in [-0.3, -0.25) is 9.59 Å². The third kappa shape index (κ3) is 5.70. The van der Waals surface area contributed by atoms with Crippen molar-refractivity contribution in [1.82, 2.24) is 4.90 Å². The zero-order valence-corrected chi connectivity index (χ0v) is 19.0. The molecule has 2 amide bonds. The molecule has 9 heteroatoms. The number of halogens is 3. The van der Waals surface area contributed by atoms with Crippen molar-refractivity contribution >= 4 is 23.2 Å². The van der Waals surface area contributed by atoms with Crippen molar-refractivity contribution in [2.75, 3.05) is 49.6 Å². The number of carbonyl (C=O) groups excluding carboxylic acids is 2. The van der Waals surface area contributed by atoms with E-state index in [2.05, 4.69) is 10.2 Å². The van der Waals surface area contributed by atoms with E-state index in [9.17, 15) is 22.8 Å². The molecule has 2 unspecified atom stereocenters. The lowest BCUT2D eigenvalue weighted by atomic mass is 10.1. The number of nitrogens with one attached hydrogen (secondary N) is 1. The lowest BCUT2D eigenvalue weighted by Gasteiger charge is -2.29. The third-order valence-corrected chi connectivity index (χ3v) is 6.33. The minimum Gasteiger partial charge on any atom is -0.378 e. The number of benzene rings is 2. The van der Waals surface area contributed by atoms with Crippen molar-refractivity contribution < 1.29 is 27.5 Å². The molecule has 2 atom stereocenters. The largest absolute Gasteiger partial charge is 0.416 e. The van der Waals surface area contributed by atoms with Gasteiger partial charge in [-0.25, -0.2) is 0 Å². The normalized spacial score (nSPS) is 20.1. The number of rotatable bonds is 7. The molecule has 6 nitrogen and oxygen atoms in total. The van der Waals surface area contributed by atoms with Crippen LogP contribution < -0.4 is 10.2 Å². The SMILES string of the molecule is CCN(CC(=O)Nc1ccc(N2CCOCC2)cc1)C(=O)C1CC1c1ccc(C(F)(F)F)cc1. The number of anilines is 2. The van der Waals surface area contributed by atoms with Gasteiger partial charge in [0.2, 0.25) is 11.8 Å². The van der Waals surface area contributed by atoms with Gasteiger partial charge in [-0.2, -0.15) is 13.2 Å². The Balaban J connectivity index is 1.29. The summed E-state index contributed by atoms with van der Waals surface area (Å²) in [5, 5.41) is 2.83. The molecule has 1 saturated carbocycles. The number of carbonyl (C=O) groups is 2. The number of morpholine rings is 1. The molecule has 1 aliphatic heterocycles. The van der Waals surface area contributed by atoms with Gasteiger partial charge in [0.05, 0.1) is 25.3 Å². The number of hydrogen-bond acceptors (Lipinski definition) is 4. The van der Waals surface area contributed by atoms with E-state index in [1.807, 2.05) is 24.3 Å². The van der Waals surface area contributed by atoms with E-state index in [1.165, 1.54) is 17.0 Å². The zero-order chi connectivity index (χ0) is 24.3. The van der Waals surface area contributed by atoms with E-state index < -0.39 is 11.7 Å². The topological polar surface area (TPSA) is 61.9 Å². The second-order valence-corrected chi connectivity index (χ2v) is 8.62. The fourth-order valence-corrected chi connectivity index (χ4v) is 4.29. The van der Waals surface area contributed by atoms with Gasteiger partial charge in [0.1, 0.15) is 0 Å². The summed E-state index contributed by atoms with van der Waals surface area (Å²) in [5.41, 5.74) is 1.73. The van der Waals surface area contributed by atoms with Gasteiger partial charge in [-0.05, 0) is 61.2 Å². The first kappa shape index (κ1) is 24.1. The number of hydrogen-bond donors (Lipinski definition) is 1. The Bertz CT molecular complexity index is 1000. The summed E-state index contributed by atoms with van der Waals surface area (Å²) in [6.07, 6.45) is -3.81. The van der Waals surface area contributed by atoms with Crippen LogP contribution in [0.3, 0.4) is 0 Å². The zero-order valence-electron chi connectivity index (χ0n) is 19.0. The summed E-state index contributed by atoms with van der Waals surface area (Å²) in [6.45, 7) is 5.15. The molecule has 0 bridgehead atoms. The number of ether oxygens (including phenoxy) is 1. The first-order valence-electron chi connectivity index (χ1n) is 11.4. The maximum absolute atomic E-state index is 12.9. The smallest absolute Gasteiger partial charge is 0.378 e. The van der Waals surface area contributed by atoms with Crippen LogP contribution in [-0.4, -0.2) is 56.1 Å². The maximum atomic E-state index is 12.9. The first-order chi connectivity index (χ1) is 16.3. The molecule has 4 rings (SSSR count). The molecule has 2 aliphatic rings. The van der Waals surface area contributed by atoms with Crippen LogP contribution in [0, 0.1) is 5.92 Å². The van der Waals surface area contributed by atoms with Gasteiger partial charge in [0.15, 0.2) is 0 Å². The van der Waals surface area contributed by atoms with E-state index in [0.29, 0.717) is 37.4 Å². The predicted octanol–water partition coefficient (Wildman–Crippen LogP) is 4.13. The lowest BCUT2D eigenvalue weighted by Crippen LogP contribution is -2.39. The molecule has 1 N–H and O–H groups in total. The minimum absolute atomic E-state index is 0.0726. The fourth-order valence-electron chi connectivity index (χ4n) is 4.29. The Labute approximate surface area is 196 Å². The second-order valence-electron chi connectivity index (χ2n) is 8.62. The van der Waals surface area contributed by atoms with E-state index in [4.69, 9.17) is 4.74 Å². The molecule has 182 valence electrons. The molecule has 1 heterocycles. The Hall–Kier alpha value is -3.07. The molecule has 1 saturated heterocycles. The highest BCUT2D eigenvalue weighted by Crippen LogP contribution is 2.48. The average molecular weight is 476 g/mol. The summed E-state index contributed by atoms with van der Waals surface area (Å²) in [5.74, 6) is -0.858. The van der Waals surface area contributed by atoms with Crippen molar-refractivity contribution in [2.24, 2.45) is 5.92 Å². The van der Waals surface area contributed by atoms with Gasteiger partial charge in [0.25, 0.3) is 0 Å². The third-order valence-electron chi connectivity index (χ3n) is 6.33. The monoisotopic (exact) mass is 475 g/mol. The summed E-state index contributed by atoms with van der Waals surface area (Å²) in [6, 6.07) is 12.5. The fraction of sp³-hybridized carbons (Fsp3) is 0.440. The molecule has 0 spiro atoms. The Morgan fingerprint density at radius 2 is 1.71 bits per heavy atom. The quantitative estimate of drug-likeness (QED) is 0.654. The molecule has 0 radical (unpaired) electrons. The molecular weight excluding hydrogens is 447 g/mol. The Morgan fingerprint density at radius 3 is 2.29 bits per heavy atom. The van der Waals surface area contributed by atoms with Crippen LogP contribution in [0.4, 0.5) is 24.5 Å². The van der Waals surface area contributed by atoms with Crippen molar-refractivity contribution in [2.45, 2.75) is 25.4 Å². The molecule has 2 aromatic rings. The highest BCUT2D eigenvalue weighted by Gasteiger charge is 2.46. The van der Waals surface area contributed by atoms with Gasteiger partial charge < -0.3 is 19.9 Å². The number of nitrogens with zero attached hydrogens (tertiary/aromatic N) is 2. The van der Waals surface area contributed by atoms with Crippen LogP contribution in [0.2, 0.25) is 0 Å². The van der Waals surface area contributed by atoms with Gasteiger partial charge >= 0.3 is 6.18 Å². The maximum Gasteiger partial charge on any atom is 0.416 e. The Kier molecular flexibility index (Phi) is 7.11. The molecule has 0 aromatic heterocycles. The van der Waals surface area contributed by atoms with Crippen molar-refractivity contribution in [3.63, 3.8) is 0 Å². The van der Waals surface area contributed by atoms with Gasteiger partial charge in [-0.15, -0.1) is 0 Å².